The number of nitrogens with zero attached hydrogens (tertiary/aromatic N) is 1. The van der Waals surface area contributed by atoms with Gasteiger partial charge in [0.1, 0.15) is 0 Å². The van der Waals surface area contributed by atoms with E-state index in [9.17, 15) is 0 Å². The fourth-order valence-corrected chi connectivity index (χ4v) is 2.09. The van der Waals surface area contributed by atoms with Crippen molar-refractivity contribution in [3.63, 3.8) is 0 Å². The molecule has 20 heavy (non-hydrogen) atoms. The van der Waals surface area contributed by atoms with E-state index in [1.807, 2.05) is 24.4 Å². The second kappa shape index (κ2) is 6.88. The molecule has 110 valence electrons. The third-order valence-corrected chi connectivity index (χ3v) is 3.85. The van der Waals surface area contributed by atoms with Crippen LogP contribution >= 0.6 is 0 Å². The Kier molecular flexibility index (Phi) is 5.74. The SMILES string of the molecule is C=C(CC)C(C)(CCC(C)(C)C)N=Cc1ccccc1. The van der Waals surface area contributed by atoms with Crippen LogP contribution in [0.1, 0.15) is 59.4 Å². The molecule has 0 saturated heterocycles. The normalized spacial score (nSPS) is 15.2. The van der Waals surface area contributed by atoms with Crippen molar-refractivity contribution in [1.29, 1.82) is 0 Å². The van der Waals surface area contributed by atoms with Crippen molar-refractivity contribution in [2.75, 3.05) is 0 Å². The van der Waals surface area contributed by atoms with E-state index in [0.29, 0.717) is 5.41 Å². The molecule has 0 aromatic heterocycles. The molecule has 1 rings (SSSR count). The number of aliphatic imine (C=N–C) groups is 1. The average molecular weight is 271 g/mol. The van der Waals surface area contributed by atoms with E-state index < -0.39 is 0 Å². The molecule has 0 heterocycles. The Bertz CT molecular complexity index is 450. The molecule has 0 aliphatic heterocycles. The van der Waals surface area contributed by atoms with Crippen LogP contribution in [0, 0.1) is 5.41 Å². The molecule has 0 aliphatic rings. The molecule has 0 spiro atoms. The van der Waals surface area contributed by atoms with Crippen LogP contribution < -0.4 is 0 Å². The van der Waals surface area contributed by atoms with Crippen LogP contribution in [0.3, 0.4) is 0 Å². The van der Waals surface area contributed by atoms with Crippen LogP contribution in [-0.4, -0.2) is 11.8 Å². The van der Waals surface area contributed by atoms with Gasteiger partial charge in [0.2, 0.25) is 0 Å². The Hall–Kier alpha value is -1.37. The lowest BCUT2D eigenvalue weighted by atomic mass is 9.80. The van der Waals surface area contributed by atoms with Gasteiger partial charge < -0.3 is 0 Å². The molecule has 0 saturated carbocycles. The number of hydrogen-bond donors (Lipinski definition) is 0. The molecule has 0 N–H and O–H groups in total. The monoisotopic (exact) mass is 271 g/mol. The van der Waals surface area contributed by atoms with E-state index in [4.69, 9.17) is 4.99 Å². The van der Waals surface area contributed by atoms with E-state index in [1.54, 1.807) is 0 Å². The zero-order valence-corrected chi connectivity index (χ0v) is 13.7. The maximum atomic E-state index is 4.88. The van der Waals surface area contributed by atoms with Crippen LogP contribution in [-0.2, 0) is 0 Å². The molecule has 0 bridgehead atoms. The van der Waals surface area contributed by atoms with Gasteiger partial charge in [0.25, 0.3) is 0 Å². The summed E-state index contributed by atoms with van der Waals surface area (Å²) >= 11 is 0. The molecule has 1 heteroatoms. The summed E-state index contributed by atoms with van der Waals surface area (Å²) in [5.74, 6) is 0. The van der Waals surface area contributed by atoms with E-state index in [1.165, 1.54) is 5.57 Å². The zero-order valence-electron chi connectivity index (χ0n) is 13.7. The lowest BCUT2D eigenvalue weighted by Crippen LogP contribution is -2.26. The summed E-state index contributed by atoms with van der Waals surface area (Å²) in [6.07, 6.45) is 5.16. The summed E-state index contributed by atoms with van der Waals surface area (Å²) < 4.78 is 0. The van der Waals surface area contributed by atoms with Crippen molar-refractivity contribution in [3.05, 3.63) is 48.0 Å². The summed E-state index contributed by atoms with van der Waals surface area (Å²) in [7, 11) is 0. The molecule has 1 nitrogen and oxygen atoms in total. The Morgan fingerprint density at radius 1 is 1.10 bits per heavy atom. The fraction of sp³-hybridized carbons (Fsp3) is 0.526. The first kappa shape index (κ1) is 16.7. The van der Waals surface area contributed by atoms with Gasteiger partial charge in [-0.2, -0.15) is 0 Å². The number of rotatable bonds is 6. The minimum Gasteiger partial charge on any atom is -0.282 e. The van der Waals surface area contributed by atoms with E-state index in [-0.39, 0.29) is 5.54 Å². The maximum Gasteiger partial charge on any atom is 0.0786 e. The van der Waals surface area contributed by atoms with Gasteiger partial charge in [0.15, 0.2) is 0 Å². The minimum absolute atomic E-state index is 0.155. The third kappa shape index (κ3) is 5.32. The maximum absolute atomic E-state index is 4.88. The number of benzene rings is 1. The van der Waals surface area contributed by atoms with Gasteiger partial charge in [-0.15, -0.1) is 0 Å². The summed E-state index contributed by atoms with van der Waals surface area (Å²) in [6, 6.07) is 10.3. The molecule has 1 aromatic rings. The molecule has 1 aromatic carbocycles. The van der Waals surface area contributed by atoms with Gasteiger partial charge in [0, 0.05) is 6.21 Å². The van der Waals surface area contributed by atoms with E-state index in [0.717, 1.165) is 24.8 Å². The molecular weight excluding hydrogens is 242 g/mol. The molecule has 0 fully saturated rings. The molecule has 0 radical (unpaired) electrons. The van der Waals surface area contributed by atoms with Gasteiger partial charge in [0.05, 0.1) is 5.54 Å². The highest BCUT2D eigenvalue weighted by molar-refractivity contribution is 5.80. The Labute approximate surface area is 124 Å². The fourth-order valence-electron chi connectivity index (χ4n) is 2.09. The van der Waals surface area contributed by atoms with Crippen molar-refractivity contribution >= 4 is 6.21 Å². The Morgan fingerprint density at radius 2 is 1.70 bits per heavy atom. The van der Waals surface area contributed by atoms with Crippen LogP contribution in [0.4, 0.5) is 0 Å². The quantitative estimate of drug-likeness (QED) is 0.468. The molecule has 0 aliphatic carbocycles. The highest BCUT2D eigenvalue weighted by Gasteiger charge is 2.27. The average Bonchev–Trinajstić information content (AvgIpc) is 2.42. The van der Waals surface area contributed by atoms with Gasteiger partial charge in [-0.05, 0) is 37.2 Å². The van der Waals surface area contributed by atoms with Crippen molar-refractivity contribution in [3.8, 4) is 0 Å². The zero-order chi connectivity index (χ0) is 15.2. The van der Waals surface area contributed by atoms with Crippen LogP contribution in [0.5, 0.6) is 0 Å². The van der Waals surface area contributed by atoms with Crippen LogP contribution in [0.2, 0.25) is 0 Å². The second-order valence-corrected chi connectivity index (χ2v) is 6.96. The van der Waals surface area contributed by atoms with E-state index >= 15 is 0 Å². The third-order valence-electron chi connectivity index (χ3n) is 3.85. The van der Waals surface area contributed by atoms with Gasteiger partial charge in [-0.25, -0.2) is 0 Å². The smallest absolute Gasteiger partial charge is 0.0786 e. The van der Waals surface area contributed by atoms with Gasteiger partial charge in [-0.1, -0.05) is 70.2 Å². The summed E-state index contributed by atoms with van der Waals surface area (Å²) in [5, 5.41) is 0. The molecule has 0 amide bonds. The summed E-state index contributed by atoms with van der Waals surface area (Å²) in [6.45, 7) is 15.5. The largest absolute Gasteiger partial charge is 0.282 e. The van der Waals surface area contributed by atoms with Crippen LogP contribution in [0.15, 0.2) is 47.5 Å². The van der Waals surface area contributed by atoms with E-state index in [2.05, 4.69) is 53.3 Å². The lowest BCUT2D eigenvalue weighted by molar-refractivity contribution is 0.324. The topological polar surface area (TPSA) is 12.4 Å². The highest BCUT2D eigenvalue weighted by atomic mass is 14.8. The molecule has 1 unspecified atom stereocenters. The van der Waals surface area contributed by atoms with Gasteiger partial charge >= 0.3 is 0 Å². The second-order valence-electron chi connectivity index (χ2n) is 6.96. The predicted molar refractivity (Wildman–Crippen MR) is 90.6 cm³/mol. The highest BCUT2D eigenvalue weighted by Crippen LogP contribution is 2.33. The summed E-state index contributed by atoms with van der Waals surface area (Å²) in [5.41, 5.74) is 2.54. The minimum atomic E-state index is -0.155. The Morgan fingerprint density at radius 3 is 2.20 bits per heavy atom. The standard InChI is InChI=1S/C19H29N/c1-7-16(2)19(6,14-13-18(3,4)5)20-15-17-11-9-8-10-12-17/h8-12,15H,2,7,13-14H2,1,3-6H3. The summed E-state index contributed by atoms with van der Waals surface area (Å²) in [4.78, 5) is 4.88. The van der Waals surface area contributed by atoms with Crippen molar-refractivity contribution in [2.45, 2.75) is 59.4 Å². The number of hydrogen-bond acceptors (Lipinski definition) is 1. The van der Waals surface area contributed by atoms with Crippen LogP contribution in [0.25, 0.3) is 0 Å². The van der Waals surface area contributed by atoms with Gasteiger partial charge in [-0.3, -0.25) is 4.99 Å². The van der Waals surface area contributed by atoms with Crippen molar-refractivity contribution in [1.82, 2.24) is 0 Å². The van der Waals surface area contributed by atoms with Crippen molar-refractivity contribution in [2.24, 2.45) is 10.4 Å². The molecule has 1 atom stereocenters. The first-order valence-electron chi connectivity index (χ1n) is 7.55. The first-order chi connectivity index (χ1) is 9.27. The first-order valence-corrected chi connectivity index (χ1v) is 7.55. The lowest BCUT2D eigenvalue weighted by Gasteiger charge is -2.31. The predicted octanol–water partition coefficient (Wildman–Crippen LogP) is 5.66. The molecular formula is C19H29N. The van der Waals surface area contributed by atoms with Crippen molar-refractivity contribution < 1.29 is 0 Å². The Balaban J connectivity index is 2.89.